The molecule has 3 fully saturated rings. The van der Waals surface area contributed by atoms with Gasteiger partial charge in [-0.05, 0) is 99.8 Å². The molecule has 3 aromatic carbocycles. The number of aromatic nitrogens is 1. The normalized spacial score (nSPS) is 24.1. The van der Waals surface area contributed by atoms with Crippen molar-refractivity contribution in [3.63, 3.8) is 0 Å². The molecule has 3 aliphatic rings. The summed E-state index contributed by atoms with van der Waals surface area (Å²) in [7, 11) is 2.11. The second kappa shape index (κ2) is 30.9. The largest absolute Gasteiger partial charge is 0.497 e. The van der Waals surface area contributed by atoms with Gasteiger partial charge in [-0.2, -0.15) is 0 Å². The molecule has 19 heteroatoms. The zero-order valence-corrected chi connectivity index (χ0v) is 55.0. The fourth-order valence-electron chi connectivity index (χ4n) is 11.6. The van der Waals surface area contributed by atoms with E-state index in [1.165, 1.54) is 20.3 Å². The van der Waals surface area contributed by atoms with Crippen molar-refractivity contribution in [1.82, 2.24) is 10.1 Å². The monoisotopic (exact) mass is 1230 g/mol. The van der Waals surface area contributed by atoms with E-state index in [1.54, 1.807) is 33.1 Å². The molecular formula is C69H94N2O16Si. The second-order valence-electron chi connectivity index (χ2n) is 25.9. The fourth-order valence-corrected chi connectivity index (χ4v) is 13.0. The summed E-state index contributed by atoms with van der Waals surface area (Å²) in [6.45, 7) is 22.6. The summed E-state index contributed by atoms with van der Waals surface area (Å²) >= 11 is 0. The number of esters is 2. The lowest BCUT2D eigenvalue weighted by Gasteiger charge is -2.46. The van der Waals surface area contributed by atoms with Gasteiger partial charge in [0.15, 0.2) is 19.9 Å². The van der Waals surface area contributed by atoms with Crippen LogP contribution in [0.1, 0.15) is 135 Å². The molecule has 4 heterocycles. The SMILES string of the molecule is COC(=O)/C=C1\C[C@H]([C@@H](CC[C@@H](O)[C@@H](C)C(=O)[C@H](C[C@@H](C)c2cc(C[C@@H]3O[C@H](C=C(C)C)C[C@H](O[Si](C)(C)C(C)(C)C)[C@@H]3C)no2)C(=O)N2C(=O)OC[C@@H]2Cc2ccccc2)OCc2ccc(OC)cc2)O[C@](OC)([C@H](C)C(=O)OCc2ccccc2)C1. The number of hydrogen-bond acceptors (Lipinski definition) is 17. The number of Topliss-reactive ketones (excluding diaryl/α,β-unsaturated/α-hetero) is 1. The summed E-state index contributed by atoms with van der Waals surface area (Å²) in [6.07, 6.45) is 0.686. The Kier molecular flexibility index (Phi) is 24.3. The minimum absolute atomic E-state index is 0.00540. The first-order valence-corrected chi connectivity index (χ1v) is 33.8. The molecule has 4 aromatic rings. The summed E-state index contributed by atoms with van der Waals surface area (Å²) in [5.41, 5.74) is 4.79. The molecule has 7 rings (SSSR count). The van der Waals surface area contributed by atoms with Crippen molar-refractivity contribution >= 4 is 38.0 Å². The number of carbonyl (C=O) groups excluding carboxylic acids is 5. The highest BCUT2D eigenvalue weighted by Crippen LogP contribution is 2.44. The van der Waals surface area contributed by atoms with Crippen molar-refractivity contribution in [3.8, 4) is 5.75 Å². The van der Waals surface area contributed by atoms with Gasteiger partial charge in [0.25, 0.3) is 0 Å². The quantitative estimate of drug-likeness (QED) is 0.0140. The van der Waals surface area contributed by atoms with Crippen LogP contribution in [0.15, 0.2) is 119 Å². The lowest BCUT2D eigenvalue weighted by atomic mass is 9.81. The average Bonchev–Trinajstić information content (AvgIpc) is 3.54. The summed E-state index contributed by atoms with van der Waals surface area (Å²) in [4.78, 5) is 72.1. The van der Waals surface area contributed by atoms with Crippen LogP contribution in [0.2, 0.25) is 18.1 Å². The van der Waals surface area contributed by atoms with E-state index in [1.807, 2.05) is 85.8 Å². The highest BCUT2D eigenvalue weighted by molar-refractivity contribution is 6.74. The molecule has 2 amide bonds. The van der Waals surface area contributed by atoms with E-state index in [2.05, 4.69) is 65.9 Å². The van der Waals surface area contributed by atoms with E-state index in [0.717, 1.165) is 33.6 Å². The lowest BCUT2D eigenvalue weighted by molar-refractivity contribution is -0.297. The zero-order chi connectivity index (χ0) is 64.1. The maximum atomic E-state index is 15.3. The van der Waals surface area contributed by atoms with Crippen LogP contribution < -0.4 is 4.74 Å². The number of nitrogens with zero attached hydrogens (tertiary/aromatic N) is 2. The van der Waals surface area contributed by atoms with Crippen molar-refractivity contribution in [2.45, 2.75) is 199 Å². The van der Waals surface area contributed by atoms with E-state index >= 15 is 9.59 Å². The molecular weight excluding hydrogens is 1140 g/mol. The van der Waals surface area contributed by atoms with E-state index in [-0.39, 0.29) is 81.2 Å². The Labute approximate surface area is 521 Å². The minimum Gasteiger partial charge on any atom is -0.497 e. The van der Waals surface area contributed by atoms with Crippen LogP contribution in [0.25, 0.3) is 0 Å². The highest BCUT2D eigenvalue weighted by Gasteiger charge is 2.51. The lowest BCUT2D eigenvalue weighted by Crippen LogP contribution is -2.54. The molecule has 18 nitrogen and oxygen atoms in total. The Morgan fingerprint density at radius 2 is 1.55 bits per heavy atom. The Balaban J connectivity index is 1.15. The zero-order valence-electron chi connectivity index (χ0n) is 54.0. The maximum absolute atomic E-state index is 15.3. The van der Waals surface area contributed by atoms with Crippen molar-refractivity contribution in [2.24, 2.45) is 23.7 Å². The van der Waals surface area contributed by atoms with Gasteiger partial charge in [-0.25, -0.2) is 14.5 Å². The van der Waals surface area contributed by atoms with Crippen LogP contribution in [-0.2, 0) is 82.8 Å². The number of carbonyl (C=O) groups is 5. The summed E-state index contributed by atoms with van der Waals surface area (Å²) < 4.78 is 61.4. The molecule has 0 radical (unpaired) electrons. The van der Waals surface area contributed by atoms with Crippen molar-refractivity contribution in [1.29, 1.82) is 0 Å². The van der Waals surface area contributed by atoms with E-state index in [9.17, 15) is 19.5 Å². The standard InChI is InChI=1S/C69H94N2O16Si/c1-43(2)31-55-38-61(87-88(13,14)68(7,8)9)46(5)60(84-55)37-52-36-59(86-70-52)44(3)32-56(65(75)71-53(42-83-67(71)77)33-48-21-17-15-18-22-48)64(74)45(4)57(72)29-30-58(81-40-50-25-27-54(78-10)28-26-50)62-34-51(35-63(73)79-11)39-69(80-12,85-62)47(6)66(76)82-41-49-23-19-16-20-24-49/h15-28,31,35-36,44-47,53,55-58,60-62,72H,29-30,32-34,37-42H2,1-14H3/b51-35+/t44-,45-,46-,47-,53+,55-,56+,57-,58-,60+,61+,62-,69+/m1/s1. The van der Waals surface area contributed by atoms with Crippen molar-refractivity contribution in [3.05, 3.63) is 142 Å². The molecule has 1 N–H and O–H groups in total. The highest BCUT2D eigenvalue weighted by atomic mass is 28.4. The molecule has 3 aliphatic heterocycles. The first-order valence-electron chi connectivity index (χ1n) is 30.9. The van der Waals surface area contributed by atoms with Gasteiger partial charge in [-0.1, -0.05) is 137 Å². The number of allylic oxidation sites excluding steroid dienone is 1. The summed E-state index contributed by atoms with van der Waals surface area (Å²) in [5.74, 6) is -7.26. The van der Waals surface area contributed by atoms with E-state index in [0.29, 0.717) is 35.6 Å². The van der Waals surface area contributed by atoms with Crippen LogP contribution in [-0.4, -0.2) is 130 Å². The number of benzene rings is 3. The molecule has 13 atom stereocenters. The molecule has 0 bridgehead atoms. The second-order valence-corrected chi connectivity index (χ2v) is 30.7. The molecule has 0 saturated carbocycles. The van der Waals surface area contributed by atoms with E-state index < -0.39 is 91.9 Å². The molecule has 0 aliphatic carbocycles. The number of ketones is 1. The van der Waals surface area contributed by atoms with Gasteiger partial charge >= 0.3 is 18.0 Å². The molecule has 0 spiro atoms. The number of imide groups is 1. The first kappa shape index (κ1) is 69.2. The number of amides is 2. The van der Waals surface area contributed by atoms with Crippen molar-refractivity contribution in [2.75, 3.05) is 27.9 Å². The molecule has 1 aromatic heterocycles. The third-order valence-electron chi connectivity index (χ3n) is 18.2. The van der Waals surface area contributed by atoms with Gasteiger partial charge in [-0.15, -0.1) is 0 Å². The molecule has 88 heavy (non-hydrogen) atoms. The number of methoxy groups -OCH3 is 3. The van der Waals surface area contributed by atoms with Gasteiger partial charge in [0.1, 0.15) is 30.6 Å². The average molecular weight is 1240 g/mol. The van der Waals surface area contributed by atoms with Crippen molar-refractivity contribution < 1.29 is 75.9 Å². The van der Waals surface area contributed by atoms with Gasteiger partial charge in [0.2, 0.25) is 5.91 Å². The van der Waals surface area contributed by atoms with Crippen LogP contribution in [0.3, 0.4) is 0 Å². The van der Waals surface area contributed by atoms with E-state index in [4.69, 9.17) is 46.8 Å². The number of rotatable bonds is 28. The number of hydrogen-bond donors (Lipinski definition) is 1. The van der Waals surface area contributed by atoms with Crippen LogP contribution in [0.4, 0.5) is 4.79 Å². The van der Waals surface area contributed by atoms with Gasteiger partial charge in [-0.3, -0.25) is 14.4 Å². The smallest absolute Gasteiger partial charge is 0.417 e. The third kappa shape index (κ3) is 18.0. The molecule has 480 valence electrons. The topological polar surface area (TPSA) is 218 Å². The van der Waals surface area contributed by atoms with Gasteiger partial charge in [0, 0.05) is 56.3 Å². The predicted octanol–water partition coefficient (Wildman–Crippen LogP) is 12.0. The Bertz CT molecular complexity index is 3010. The maximum Gasteiger partial charge on any atom is 0.417 e. The van der Waals surface area contributed by atoms with Crippen LogP contribution in [0, 0.1) is 23.7 Å². The Hall–Kier alpha value is -6.32. The third-order valence-corrected chi connectivity index (χ3v) is 22.7. The minimum atomic E-state index is -2.15. The van der Waals surface area contributed by atoms with Gasteiger partial charge in [0.05, 0.1) is 75.1 Å². The Morgan fingerprint density at radius 1 is 0.886 bits per heavy atom. The van der Waals surface area contributed by atoms with Crippen LogP contribution >= 0.6 is 0 Å². The fraction of sp³-hybridized carbons (Fsp3) is 0.565. The summed E-state index contributed by atoms with van der Waals surface area (Å²) in [6, 6.07) is 27.1. The number of aliphatic hydroxyl groups is 1. The molecule has 0 unspecified atom stereocenters. The molecule has 3 saturated heterocycles. The van der Waals surface area contributed by atoms with Gasteiger partial charge < -0.3 is 52.0 Å². The number of cyclic esters (lactones) is 1. The predicted molar refractivity (Wildman–Crippen MR) is 333 cm³/mol. The first-order chi connectivity index (χ1) is 41.7. The summed E-state index contributed by atoms with van der Waals surface area (Å²) in [5, 5.41) is 16.8. The Morgan fingerprint density at radius 3 is 2.17 bits per heavy atom. The number of aliphatic hydroxyl groups excluding tert-OH is 1. The van der Waals surface area contributed by atoms with Crippen LogP contribution in [0.5, 0.6) is 5.75 Å². The number of ether oxygens (including phenoxy) is 8.